The van der Waals surface area contributed by atoms with E-state index in [1.54, 1.807) is 6.92 Å². The van der Waals surface area contributed by atoms with Crippen LogP contribution in [0, 0.1) is 0 Å². The Morgan fingerprint density at radius 1 is 1.40 bits per heavy atom. The second-order valence-electron chi connectivity index (χ2n) is 2.81. The van der Waals surface area contributed by atoms with Gasteiger partial charge in [-0.25, -0.2) is 4.79 Å². The van der Waals surface area contributed by atoms with Crippen molar-refractivity contribution >= 4 is 33.3 Å². The summed E-state index contributed by atoms with van der Waals surface area (Å²) in [5, 5.41) is 3.87. The number of halogens is 1. The summed E-state index contributed by atoms with van der Waals surface area (Å²) in [5.41, 5.74) is 3.84. The number of benzene rings is 1. The number of nitrogens with zero attached hydrogens (tertiary/aromatic N) is 1. The summed E-state index contributed by atoms with van der Waals surface area (Å²) in [5.74, 6) is -0.445. The molecule has 80 valence electrons. The van der Waals surface area contributed by atoms with Crippen molar-refractivity contribution in [2.45, 2.75) is 6.92 Å². The van der Waals surface area contributed by atoms with E-state index < -0.39 is 5.97 Å². The van der Waals surface area contributed by atoms with Gasteiger partial charge in [-0.2, -0.15) is 5.10 Å². The van der Waals surface area contributed by atoms with Crippen LogP contribution in [0.5, 0.6) is 0 Å². The normalized spacial score (nSPS) is 11.0. The van der Waals surface area contributed by atoms with Gasteiger partial charge in [-0.15, -0.1) is 0 Å². The molecule has 1 aromatic carbocycles. The molecule has 0 aromatic heterocycles. The number of esters is 1. The molecule has 1 aromatic rings. The van der Waals surface area contributed by atoms with Crippen LogP contribution in [0.15, 0.2) is 33.8 Å². The van der Waals surface area contributed by atoms with Crippen molar-refractivity contribution in [3.05, 3.63) is 28.7 Å². The highest BCUT2D eigenvalue weighted by Gasteiger charge is 2.03. The van der Waals surface area contributed by atoms with Gasteiger partial charge in [-0.1, -0.05) is 15.9 Å². The molecular weight excluding hydrogens is 260 g/mol. The van der Waals surface area contributed by atoms with E-state index in [2.05, 4.69) is 31.2 Å². The highest BCUT2D eigenvalue weighted by atomic mass is 79.9. The fourth-order valence-corrected chi connectivity index (χ4v) is 1.13. The molecule has 1 rings (SSSR count). The molecule has 0 saturated carbocycles. The van der Waals surface area contributed by atoms with Gasteiger partial charge in [0.15, 0.2) is 0 Å². The quantitative estimate of drug-likeness (QED) is 0.521. The van der Waals surface area contributed by atoms with Gasteiger partial charge in [0.1, 0.15) is 5.71 Å². The van der Waals surface area contributed by atoms with Crippen molar-refractivity contribution in [1.82, 2.24) is 0 Å². The molecule has 0 saturated heterocycles. The molecule has 0 heterocycles. The molecular formula is C10H11BrN2O2. The van der Waals surface area contributed by atoms with Crippen LogP contribution in [0.2, 0.25) is 0 Å². The van der Waals surface area contributed by atoms with Crippen LogP contribution >= 0.6 is 15.9 Å². The molecule has 0 fully saturated rings. The average Bonchev–Trinajstić information content (AvgIpc) is 2.26. The zero-order chi connectivity index (χ0) is 11.3. The third-order valence-corrected chi connectivity index (χ3v) is 2.21. The minimum atomic E-state index is -0.445. The number of hydrogen-bond donors (Lipinski definition) is 1. The van der Waals surface area contributed by atoms with E-state index in [-0.39, 0.29) is 5.71 Å². The molecule has 4 nitrogen and oxygen atoms in total. The molecule has 5 heteroatoms. The Kier molecular flexibility index (Phi) is 4.30. The summed E-state index contributed by atoms with van der Waals surface area (Å²) in [6.07, 6.45) is 0. The number of hydrogen-bond acceptors (Lipinski definition) is 4. The van der Waals surface area contributed by atoms with Crippen molar-refractivity contribution in [2.24, 2.45) is 5.10 Å². The van der Waals surface area contributed by atoms with Crippen LogP contribution in [-0.4, -0.2) is 18.8 Å². The summed E-state index contributed by atoms with van der Waals surface area (Å²) in [7, 11) is 1.32. The monoisotopic (exact) mass is 270 g/mol. The fraction of sp³-hybridized carbons (Fsp3) is 0.200. The van der Waals surface area contributed by atoms with E-state index in [4.69, 9.17) is 0 Å². The number of anilines is 1. The van der Waals surface area contributed by atoms with Crippen LogP contribution in [0.1, 0.15) is 6.92 Å². The van der Waals surface area contributed by atoms with Crippen molar-refractivity contribution in [3.63, 3.8) is 0 Å². The maximum absolute atomic E-state index is 11.0. The molecule has 0 unspecified atom stereocenters. The highest BCUT2D eigenvalue weighted by Crippen LogP contribution is 2.13. The van der Waals surface area contributed by atoms with E-state index in [0.29, 0.717) is 0 Å². The zero-order valence-electron chi connectivity index (χ0n) is 8.45. The third kappa shape index (κ3) is 3.71. The molecule has 0 bridgehead atoms. The first kappa shape index (κ1) is 11.7. The molecule has 0 radical (unpaired) electrons. The number of carbonyl (C=O) groups excluding carboxylic acids is 1. The van der Waals surface area contributed by atoms with Gasteiger partial charge in [-0.05, 0) is 31.2 Å². The van der Waals surface area contributed by atoms with Gasteiger partial charge in [0.25, 0.3) is 0 Å². The Balaban J connectivity index is 2.63. The fourth-order valence-electron chi connectivity index (χ4n) is 0.866. The van der Waals surface area contributed by atoms with Gasteiger partial charge in [0.2, 0.25) is 0 Å². The molecule has 0 amide bonds. The van der Waals surface area contributed by atoms with Crippen molar-refractivity contribution in [2.75, 3.05) is 12.5 Å². The van der Waals surface area contributed by atoms with Crippen LogP contribution in [-0.2, 0) is 9.53 Å². The Bertz CT molecular complexity index is 374. The summed E-state index contributed by atoms with van der Waals surface area (Å²) in [4.78, 5) is 11.0. The summed E-state index contributed by atoms with van der Waals surface area (Å²) >= 11 is 3.32. The Labute approximate surface area is 96.4 Å². The van der Waals surface area contributed by atoms with Gasteiger partial charge in [0, 0.05) is 4.47 Å². The Hall–Kier alpha value is -1.36. The van der Waals surface area contributed by atoms with Crippen LogP contribution in [0.3, 0.4) is 0 Å². The van der Waals surface area contributed by atoms with E-state index in [0.717, 1.165) is 10.2 Å². The zero-order valence-corrected chi connectivity index (χ0v) is 10.0. The highest BCUT2D eigenvalue weighted by molar-refractivity contribution is 9.10. The van der Waals surface area contributed by atoms with E-state index in [9.17, 15) is 4.79 Å². The summed E-state index contributed by atoms with van der Waals surface area (Å²) in [6, 6.07) is 7.45. The topological polar surface area (TPSA) is 50.7 Å². The Morgan fingerprint density at radius 3 is 2.53 bits per heavy atom. The third-order valence-electron chi connectivity index (χ3n) is 1.68. The standard InChI is InChI=1S/C10H11BrN2O2/c1-7(10(14)15-2)12-13-9-5-3-8(11)4-6-9/h3-6,13H,1-2H3. The van der Waals surface area contributed by atoms with E-state index in [1.807, 2.05) is 24.3 Å². The van der Waals surface area contributed by atoms with Gasteiger partial charge >= 0.3 is 5.97 Å². The predicted molar refractivity (Wildman–Crippen MR) is 62.9 cm³/mol. The lowest BCUT2D eigenvalue weighted by molar-refractivity contribution is -0.132. The second-order valence-corrected chi connectivity index (χ2v) is 3.72. The van der Waals surface area contributed by atoms with Crippen molar-refractivity contribution < 1.29 is 9.53 Å². The van der Waals surface area contributed by atoms with Crippen LogP contribution < -0.4 is 5.43 Å². The van der Waals surface area contributed by atoms with Gasteiger partial charge in [-0.3, -0.25) is 5.43 Å². The Morgan fingerprint density at radius 2 is 2.00 bits per heavy atom. The minimum absolute atomic E-state index is 0.278. The molecule has 0 aliphatic carbocycles. The first-order valence-corrected chi connectivity index (χ1v) is 5.07. The number of ether oxygens (including phenoxy) is 1. The summed E-state index contributed by atoms with van der Waals surface area (Å²) < 4.78 is 5.49. The average molecular weight is 271 g/mol. The molecule has 0 aliphatic heterocycles. The largest absolute Gasteiger partial charge is 0.464 e. The number of methoxy groups -OCH3 is 1. The molecule has 1 N–H and O–H groups in total. The lowest BCUT2D eigenvalue weighted by Crippen LogP contribution is -2.13. The first-order valence-electron chi connectivity index (χ1n) is 4.27. The van der Waals surface area contributed by atoms with Crippen LogP contribution in [0.4, 0.5) is 5.69 Å². The smallest absolute Gasteiger partial charge is 0.353 e. The van der Waals surface area contributed by atoms with Crippen molar-refractivity contribution in [3.8, 4) is 0 Å². The molecule has 15 heavy (non-hydrogen) atoms. The molecule has 0 spiro atoms. The number of rotatable bonds is 3. The summed E-state index contributed by atoms with van der Waals surface area (Å²) in [6.45, 7) is 1.58. The first-order chi connectivity index (χ1) is 7.13. The number of hydrazone groups is 1. The predicted octanol–water partition coefficient (Wildman–Crippen LogP) is 2.41. The van der Waals surface area contributed by atoms with Gasteiger partial charge in [0.05, 0.1) is 12.8 Å². The van der Waals surface area contributed by atoms with Crippen molar-refractivity contribution in [1.29, 1.82) is 0 Å². The number of nitrogens with one attached hydrogen (secondary N) is 1. The SMILES string of the molecule is COC(=O)C(C)=NNc1ccc(Br)cc1. The lowest BCUT2D eigenvalue weighted by atomic mass is 10.3. The molecule has 0 atom stereocenters. The second kappa shape index (κ2) is 5.50. The minimum Gasteiger partial charge on any atom is -0.464 e. The maximum atomic E-state index is 11.0. The maximum Gasteiger partial charge on any atom is 0.353 e. The van der Waals surface area contributed by atoms with Crippen LogP contribution in [0.25, 0.3) is 0 Å². The van der Waals surface area contributed by atoms with E-state index >= 15 is 0 Å². The lowest BCUT2D eigenvalue weighted by Gasteiger charge is -2.01. The molecule has 0 aliphatic rings. The van der Waals surface area contributed by atoms with E-state index in [1.165, 1.54) is 7.11 Å². The van der Waals surface area contributed by atoms with Gasteiger partial charge < -0.3 is 4.74 Å². The number of carbonyl (C=O) groups is 1.